The molecule has 0 fully saturated rings. The highest BCUT2D eigenvalue weighted by molar-refractivity contribution is 5.95. The lowest BCUT2D eigenvalue weighted by atomic mass is 10.1. The van der Waals surface area contributed by atoms with Crippen molar-refractivity contribution in [1.82, 2.24) is 5.43 Å². The van der Waals surface area contributed by atoms with Crippen molar-refractivity contribution in [2.24, 2.45) is 0 Å². The summed E-state index contributed by atoms with van der Waals surface area (Å²) in [6.45, 7) is 0. The van der Waals surface area contributed by atoms with E-state index in [1.807, 2.05) is 5.43 Å². The second-order valence-corrected chi connectivity index (χ2v) is 5.14. The third kappa shape index (κ3) is 4.86. The molecule has 2 rings (SSSR count). The number of nitrogens with one attached hydrogen (secondary N) is 2. The van der Waals surface area contributed by atoms with E-state index in [0.717, 1.165) is 18.2 Å². The Morgan fingerprint density at radius 3 is 1.89 bits per heavy atom. The number of hydrazine groups is 1. The fraction of sp³-hybridized carbons (Fsp3) is 0.133. The highest BCUT2D eigenvalue weighted by Gasteiger charge is 2.33. The minimum atomic E-state index is -4.80. The molecule has 0 saturated heterocycles. The van der Waals surface area contributed by atoms with Crippen molar-refractivity contribution in [2.75, 3.05) is 5.43 Å². The number of carbonyl (C=O) groups excluding carboxylic acids is 1. The van der Waals surface area contributed by atoms with Gasteiger partial charge in [-0.2, -0.15) is 26.3 Å². The van der Waals surface area contributed by atoms with Gasteiger partial charge in [-0.25, -0.2) is 0 Å². The number of nitro benzene ring substituents is 1. The molecule has 0 bridgehead atoms. The van der Waals surface area contributed by atoms with E-state index in [4.69, 9.17) is 0 Å². The first-order chi connectivity index (χ1) is 12.4. The zero-order valence-electron chi connectivity index (χ0n) is 13.0. The Labute approximate surface area is 146 Å². The average Bonchev–Trinajstić information content (AvgIpc) is 2.58. The molecule has 0 radical (unpaired) electrons. The molecular formula is C15H9F6N3O3. The maximum absolute atomic E-state index is 12.6. The van der Waals surface area contributed by atoms with Gasteiger partial charge in [-0.05, 0) is 36.4 Å². The zero-order chi connectivity index (χ0) is 20.4. The van der Waals surface area contributed by atoms with Gasteiger partial charge in [0.15, 0.2) is 0 Å². The number of anilines is 1. The fourth-order valence-electron chi connectivity index (χ4n) is 1.97. The minimum absolute atomic E-state index is 0.204. The lowest BCUT2D eigenvalue weighted by molar-refractivity contribution is -0.384. The highest BCUT2D eigenvalue weighted by Crippen LogP contribution is 2.34. The van der Waals surface area contributed by atoms with Crippen molar-refractivity contribution in [1.29, 1.82) is 0 Å². The molecule has 0 saturated carbocycles. The molecule has 0 heterocycles. The smallest absolute Gasteiger partial charge is 0.292 e. The van der Waals surface area contributed by atoms with Gasteiger partial charge in [0.1, 0.15) is 5.69 Å². The summed E-state index contributed by atoms with van der Waals surface area (Å²) in [5.41, 5.74) is 0.233. The predicted octanol–water partition coefficient (Wildman–Crippen LogP) is 4.39. The Morgan fingerprint density at radius 2 is 1.41 bits per heavy atom. The summed E-state index contributed by atoms with van der Waals surface area (Å²) in [5.74, 6) is -0.946. The van der Waals surface area contributed by atoms with E-state index >= 15 is 0 Å². The molecule has 2 N–H and O–H groups in total. The number of hydrogen-bond donors (Lipinski definition) is 2. The van der Waals surface area contributed by atoms with Crippen molar-refractivity contribution in [3.63, 3.8) is 0 Å². The average molecular weight is 393 g/mol. The van der Waals surface area contributed by atoms with Gasteiger partial charge in [-0.3, -0.25) is 25.8 Å². The van der Waals surface area contributed by atoms with Crippen LogP contribution in [0.5, 0.6) is 0 Å². The molecule has 0 aliphatic heterocycles. The molecule has 2 aromatic rings. The number of hydrogen-bond acceptors (Lipinski definition) is 4. The van der Waals surface area contributed by atoms with Gasteiger partial charge in [0.05, 0.1) is 16.1 Å². The van der Waals surface area contributed by atoms with Crippen molar-refractivity contribution in [2.45, 2.75) is 12.4 Å². The number of rotatable bonds is 4. The van der Waals surface area contributed by atoms with Crippen LogP contribution in [0.2, 0.25) is 0 Å². The molecule has 12 heteroatoms. The molecule has 0 aliphatic carbocycles. The van der Waals surface area contributed by atoms with Crippen LogP contribution in [0.25, 0.3) is 0 Å². The van der Waals surface area contributed by atoms with Crippen molar-refractivity contribution in [3.8, 4) is 0 Å². The van der Waals surface area contributed by atoms with Gasteiger partial charge in [0.25, 0.3) is 11.6 Å². The maximum atomic E-state index is 12.6. The van der Waals surface area contributed by atoms with E-state index in [2.05, 4.69) is 5.43 Å². The van der Waals surface area contributed by atoms with Crippen LogP contribution in [-0.4, -0.2) is 10.8 Å². The summed E-state index contributed by atoms with van der Waals surface area (Å²) >= 11 is 0. The predicted molar refractivity (Wildman–Crippen MR) is 80.6 cm³/mol. The van der Waals surface area contributed by atoms with E-state index in [-0.39, 0.29) is 11.6 Å². The largest absolute Gasteiger partial charge is 0.416 e. The van der Waals surface area contributed by atoms with E-state index in [1.54, 1.807) is 0 Å². The van der Waals surface area contributed by atoms with Gasteiger partial charge in [0, 0.05) is 11.6 Å². The van der Waals surface area contributed by atoms with Crippen LogP contribution in [0, 0.1) is 10.1 Å². The fourth-order valence-corrected chi connectivity index (χ4v) is 1.97. The Hall–Kier alpha value is -3.31. The molecule has 0 atom stereocenters. The topological polar surface area (TPSA) is 84.3 Å². The van der Waals surface area contributed by atoms with Crippen LogP contribution in [0.1, 0.15) is 21.5 Å². The molecule has 0 spiro atoms. The first kappa shape index (κ1) is 20.0. The third-order valence-corrected chi connectivity index (χ3v) is 3.31. The quantitative estimate of drug-likeness (QED) is 0.459. The minimum Gasteiger partial charge on any atom is -0.292 e. The van der Waals surface area contributed by atoms with E-state index < -0.39 is 45.7 Å². The second kappa shape index (κ2) is 7.13. The van der Waals surface area contributed by atoms with Crippen LogP contribution >= 0.6 is 0 Å². The monoisotopic (exact) mass is 393 g/mol. The molecule has 0 aliphatic rings. The number of amides is 1. The van der Waals surface area contributed by atoms with Crippen LogP contribution in [-0.2, 0) is 12.4 Å². The zero-order valence-corrected chi connectivity index (χ0v) is 13.0. The second-order valence-electron chi connectivity index (χ2n) is 5.14. The third-order valence-electron chi connectivity index (χ3n) is 3.31. The standard InChI is InChI=1S/C15H9F6N3O3/c16-14(17,18)9-3-1-8(2-4-9)13(25)23-22-11-6-5-10(15(19,20)21)7-12(11)24(26)27/h1-7,22H,(H,23,25). The number of nitrogens with zero attached hydrogens (tertiary/aromatic N) is 1. The van der Waals surface area contributed by atoms with E-state index in [0.29, 0.717) is 18.2 Å². The molecule has 27 heavy (non-hydrogen) atoms. The Kier molecular flexibility index (Phi) is 5.28. The summed E-state index contributed by atoms with van der Waals surface area (Å²) in [6, 6.07) is 4.67. The molecule has 6 nitrogen and oxygen atoms in total. The van der Waals surface area contributed by atoms with Crippen molar-refractivity contribution in [3.05, 3.63) is 69.3 Å². The summed E-state index contributed by atoms with van der Waals surface area (Å²) in [7, 11) is 0. The lowest BCUT2D eigenvalue weighted by Gasteiger charge is -2.12. The Morgan fingerprint density at radius 1 is 0.889 bits per heavy atom. The number of nitro groups is 1. The van der Waals surface area contributed by atoms with Crippen LogP contribution < -0.4 is 10.9 Å². The molecular weight excluding hydrogens is 384 g/mol. The molecule has 0 aromatic heterocycles. The lowest BCUT2D eigenvalue weighted by Crippen LogP contribution is -2.29. The first-order valence-electron chi connectivity index (χ1n) is 6.99. The van der Waals surface area contributed by atoms with E-state index in [9.17, 15) is 41.3 Å². The van der Waals surface area contributed by atoms with Crippen LogP contribution in [0.3, 0.4) is 0 Å². The van der Waals surface area contributed by atoms with Gasteiger partial charge in [-0.1, -0.05) is 0 Å². The van der Waals surface area contributed by atoms with Crippen LogP contribution in [0.15, 0.2) is 42.5 Å². The Bertz CT molecular complexity index is 863. The number of halogens is 6. The Balaban J connectivity index is 2.16. The van der Waals surface area contributed by atoms with Gasteiger partial charge in [-0.15, -0.1) is 0 Å². The van der Waals surface area contributed by atoms with Gasteiger partial charge >= 0.3 is 12.4 Å². The van der Waals surface area contributed by atoms with E-state index in [1.165, 1.54) is 0 Å². The number of alkyl halides is 6. The molecule has 1 amide bonds. The van der Waals surface area contributed by atoms with Gasteiger partial charge in [0.2, 0.25) is 0 Å². The summed E-state index contributed by atoms with van der Waals surface area (Å²) < 4.78 is 75.3. The van der Waals surface area contributed by atoms with Crippen molar-refractivity contribution < 1.29 is 36.1 Å². The van der Waals surface area contributed by atoms with Crippen molar-refractivity contribution >= 4 is 17.3 Å². The normalized spacial score (nSPS) is 11.8. The summed E-state index contributed by atoms with van der Waals surface area (Å²) in [6.07, 6.45) is -9.39. The first-order valence-corrected chi connectivity index (χ1v) is 6.99. The molecule has 0 unspecified atom stereocenters. The number of carbonyl (C=O) groups is 1. The SMILES string of the molecule is O=C(NNc1ccc(C(F)(F)F)cc1[N+](=O)[O-])c1ccc(C(F)(F)F)cc1. The highest BCUT2D eigenvalue weighted by atomic mass is 19.4. The molecule has 2 aromatic carbocycles. The number of benzene rings is 2. The summed E-state index contributed by atoms with van der Waals surface area (Å²) in [4.78, 5) is 21.7. The van der Waals surface area contributed by atoms with Crippen LogP contribution in [0.4, 0.5) is 37.7 Å². The summed E-state index contributed by atoms with van der Waals surface area (Å²) in [5, 5.41) is 10.9. The van der Waals surface area contributed by atoms with Gasteiger partial charge < -0.3 is 0 Å². The molecule has 144 valence electrons. The maximum Gasteiger partial charge on any atom is 0.416 e.